The second-order valence-electron chi connectivity index (χ2n) is 6.13. The smallest absolute Gasteiger partial charge is 0.153 e. The lowest BCUT2D eigenvalue weighted by atomic mass is 10.1. The zero-order chi connectivity index (χ0) is 18.1. The van der Waals surface area contributed by atoms with Crippen molar-refractivity contribution in [2.24, 2.45) is 0 Å². The van der Waals surface area contributed by atoms with Crippen LogP contribution >= 0.6 is 0 Å². The molecular weight excluding hydrogens is 331 g/mol. The zero-order valence-corrected chi connectivity index (χ0v) is 14.4. The Morgan fingerprint density at radius 3 is 2.69 bits per heavy atom. The van der Waals surface area contributed by atoms with Crippen LogP contribution in [0.1, 0.15) is 30.1 Å². The second kappa shape index (κ2) is 6.51. The van der Waals surface area contributed by atoms with Crippen LogP contribution in [-0.4, -0.2) is 25.1 Å². The molecule has 3 heterocycles. The molecule has 0 aliphatic carbocycles. The maximum atomic E-state index is 13.2. The number of rotatable bonds is 4. The van der Waals surface area contributed by atoms with Gasteiger partial charge in [-0.15, -0.1) is 0 Å². The summed E-state index contributed by atoms with van der Waals surface area (Å²) < 4.78 is 13.2. The topological polar surface area (TPSA) is 79.4 Å². The van der Waals surface area contributed by atoms with Gasteiger partial charge in [-0.1, -0.05) is 12.1 Å². The first-order chi connectivity index (χ1) is 12.6. The quantitative estimate of drug-likeness (QED) is 0.581. The number of aryl methyl sites for hydroxylation is 1. The first kappa shape index (κ1) is 16.1. The number of para-hydroxylation sites is 1. The molecule has 2 N–H and O–H groups in total. The molecule has 6 nitrogen and oxygen atoms in total. The third-order valence-corrected chi connectivity index (χ3v) is 4.15. The van der Waals surface area contributed by atoms with Crippen molar-refractivity contribution in [3.05, 3.63) is 71.7 Å². The molecule has 0 saturated heterocycles. The fourth-order valence-corrected chi connectivity index (χ4v) is 2.76. The van der Waals surface area contributed by atoms with Gasteiger partial charge >= 0.3 is 0 Å². The minimum absolute atomic E-state index is 0.179. The Morgan fingerprint density at radius 2 is 1.96 bits per heavy atom. The Kier molecular flexibility index (Phi) is 4.04. The van der Waals surface area contributed by atoms with Gasteiger partial charge in [0.25, 0.3) is 0 Å². The molecule has 0 saturated carbocycles. The van der Waals surface area contributed by atoms with E-state index in [4.69, 9.17) is 4.98 Å². The number of hydrogen-bond acceptors (Lipinski definition) is 5. The van der Waals surface area contributed by atoms with Gasteiger partial charge in [-0.2, -0.15) is 5.10 Å². The van der Waals surface area contributed by atoms with E-state index < -0.39 is 0 Å². The minimum Gasteiger partial charge on any atom is -0.323 e. The molecule has 0 aliphatic rings. The van der Waals surface area contributed by atoms with Crippen molar-refractivity contribution >= 4 is 22.5 Å². The average molecular weight is 348 g/mol. The van der Waals surface area contributed by atoms with Crippen molar-refractivity contribution in [2.45, 2.75) is 19.8 Å². The number of aromatic nitrogens is 5. The average Bonchev–Trinajstić information content (AvgIpc) is 3.06. The van der Waals surface area contributed by atoms with E-state index >= 15 is 0 Å². The van der Waals surface area contributed by atoms with Crippen LogP contribution < -0.4 is 5.32 Å². The summed E-state index contributed by atoms with van der Waals surface area (Å²) in [5.41, 5.74) is 2.49. The van der Waals surface area contributed by atoms with Crippen LogP contribution in [0.3, 0.4) is 0 Å². The monoisotopic (exact) mass is 348 g/mol. The summed E-state index contributed by atoms with van der Waals surface area (Å²) >= 11 is 0. The summed E-state index contributed by atoms with van der Waals surface area (Å²) in [6.45, 7) is 3.89. The number of hydrogen-bond donors (Lipinski definition) is 2. The third kappa shape index (κ3) is 3.11. The first-order valence-electron chi connectivity index (χ1n) is 8.27. The van der Waals surface area contributed by atoms with Crippen molar-refractivity contribution in [1.29, 1.82) is 0 Å². The largest absolute Gasteiger partial charge is 0.323 e. The molecular formula is C19H17FN6. The Hall–Kier alpha value is -3.35. The Balaban J connectivity index is 1.79. The number of fused-ring (bicyclic) bond motifs is 1. The molecule has 1 aromatic carbocycles. The number of pyridine rings is 1. The van der Waals surface area contributed by atoms with Gasteiger partial charge < -0.3 is 5.32 Å². The number of aromatic amines is 1. The number of anilines is 2. The summed E-state index contributed by atoms with van der Waals surface area (Å²) in [5.74, 6) is 1.42. The van der Waals surface area contributed by atoms with Crippen LogP contribution in [0.2, 0.25) is 0 Å². The lowest BCUT2D eigenvalue weighted by molar-refractivity contribution is 0.617. The maximum Gasteiger partial charge on any atom is 0.153 e. The van der Waals surface area contributed by atoms with Crippen molar-refractivity contribution in [2.75, 3.05) is 5.32 Å². The SMILES string of the molecule is Cc1cc(Nc2nc(C(C)c3ccc(F)cn3)nc3ccccc23)n[nH]1. The predicted molar refractivity (Wildman–Crippen MR) is 97.9 cm³/mol. The summed E-state index contributed by atoms with van der Waals surface area (Å²) in [5, 5.41) is 11.3. The fraction of sp³-hybridized carbons (Fsp3) is 0.158. The Bertz CT molecular complexity index is 1060. The molecule has 1 atom stereocenters. The van der Waals surface area contributed by atoms with E-state index in [2.05, 4.69) is 25.5 Å². The van der Waals surface area contributed by atoms with Gasteiger partial charge in [0, 0.05) is 17.1 Å². The minimum atomic E-state index is -0.364. The molecule has 4 rings (SSSR count). The number of H-pyrrole nitrogens is 1. The van der Waals surface area contributed by atoms with E-state index in [9.17, 15) is 4.39 Å². The van der Waals surface area contributed by atoms with Crippen LogP contribution in [0.5, 0.6) is 0 Å². The third-order valence-electron chi connectivity index (χ3n) is 4.15. The number of halogens is 1. The molecule has 0 aliphatic heterocycles. The Labute approximate surface area is 149 Å². The lowest BCUT2D eigenvalue weighted by Gasteiger charge is -2.13. The van der Waals surface area contributed by atoms with Gasteiger partial charge in [0.05, 0.1) is 23.3 Å². The molecule has 0 amide bonds. The first-order valence-corrected chi connectivity index (χ1v) is 8.27. The maximum absolute atomic E-state index is 13.2. The summed E-state index contributed by atoms with van der Waals surface area (Å²) in [6, 6.07) is 12.7. The summed E-state index contributed by atoms with van der Waals surface area (Å²) in [6.07, 6.45) is 1.21. The van der Waals surface area contributed by atoms with Crippen molar-refractivity contribution in [3.63, 3.8) is 0 Å². The highest BCUT2D eigenvalue weighted by Crippen LogP contribution is 2.27. The molecule has 7 heteroatoms. The van der Waals surface area contributed by atoms with Crippen LogP contribution in [0.4, 0.5) is 16.0 Å². The van der Waals surface area contributed by atoms with E-state index in [-0.39, 0.29) is 11.7 Å². The highest BCUT2D eigenvalue weighted by atomic mass is 19.1. The van der Waals surface area contributed by atoms with E-state index in [0.717, 1.165) is 16.6 Å². The molecule has 130 valence electrons. The summed E-state index contributed by atoms with van der Waals surface area (Å²) in [4.78, 5) is 13.5. The lowest BCUT2D eigenvalue weighted by Crippen LogP contribution is -2.07. The highest BCUT2D eigenvalue weighted by molar-refractivity contribution is 5.90. The van der Waals surface area contributed by atoms with Gasteiger partial charge in [-0.25, -0.2) is 14.4 Å². The molecule has 4 aromatic rings. The second-order valence-corrected chi connectivity index (χ2v) is 6.13. The number of nitrogens with one attached hydrogen (secondary N) is 2. The van der Waals surface area contributed by atoms with E-state index in [0.29, 0.717) is 23.2 Å². The van der Waals surface area contributed by atoms with Gasteiger partial charge in [-0.3, -0.25) is 10.1 Å². The number of nitrogens with zero attached hydrogens (tertiary/aromatic N) is 4. The van der Waals surface area contributed by atoms with Crippen molar-refractivity contribution in [1.82, 2.24) is 25.1 Å². The standard InChI is InChI=1S/C19H17FN6/c1-11-9-17(26-25-11)23-19-14-5-3-4-6-16(14)22-18(24-19)12(2)15-8-7-13(20)10-21-15/h3-10,12H,1-2H3,(H2,22,23,24,25,26). The van der Waals surface area contributed by atoms with Crippen LogP contribution in [0, 0.1) is 12.7 Å². The van der Waals surface area contributed by atoms with Gasteiger partial charge in [-0.05, 0) is 38.1 Å². The van der Waals surface area contributed by atoms with E-state index in [1.165, 1.54) is 12.3 Å². The van der Waals surface area contributed by atoms with Crippen LogP contribution in [0.15, 0.2) is 48.7 Å². The number of benzene rings is 1. The highest BCUT2D eigenvalue weighted by Gasteiger charge is 2.17. The Morgan fingerprint density at radius 1 is 1.12 bits per heavy atom. The zero-order valence-electron chi connectivity index (χ0n) is 14.4. The van der Waals surface area contributed by atoms with Crippen molar-refractivity contribution < 1.29 is 4.39 Å². The van der Waals surface area contributed by atoms with Crippen LogP contribution in [0.25, 0.3) is 10.9 Å². The van der Waals surface area contributed by atoms with Gasteiger partial charge in [0.15, 0.2) is 5.82 Å². The van der Waals surface area contributed by atoms with Gasteiger partial charge in [0.2, 0.25) is 0 Å². The summed E-state index contributed by atoms with van der Waals surface area (Å²) in [7, 11) is 0. The van der Waals surface area contributed by atoms with Crippen molar-refractivity contribution in [3.8, 4) is 0 Å². The predicted octanol–water partition coefficient (Wildman–Crippen LogP) is 4.09. The molecule has 0 fully saturated rings. The van der Waals surface area contributed by atoms with Crippen LogP contribution in [-0.2, 0) is 0 Å². The normalized spacial score (nSPS) is 12.3. The van der Waals surface area contributed by atoms with E-state index in [1.54, 1.807) is 6.07 Å². The fourth-order valence-electron chi connectivity index (χ4n) is 2.76. The molecule has 0 bridgehead atoms. The molecule has 0 spiro atoms. The molecule has 0 radical (unpaired) electrons. The molecule has 1 unspecified atom stereocenters. The molecule has 3 aromatic heterocycles. The molecule has 26 heavy (non-hydrogen) atoms. The van der Waals surface area contributed by atoms with Gasteiger partial charge in [0.1, 0.15) is 17.5 Å². The van der Waals surface area contributed by atoms with E-state index in [1.807, 2.05) is 44.2 Å².